The zero-order chi connectivity index (χ0) is 63.0. The fourth-order valence-electron chi connectivity index (χ4n) is 12.3. The summed E-state index contributed by atoms with van der Waals surface area (Å²) in [5.74, 6) is 1.90. The van der Waals surface area contributed by atoms with Crippen LogP contribution in [0.4, 0.5) is 11.4 Å². The van der Waals surface area contributed by atoms with E-state index in [0.717, 1.165) is 105 Å². The van der Waals surface area contributed by atoms with Gasteiger partial charge in [0.05, 0.1) is 18.9 Å². The maximum Gasteiger partial charge on any atom is 0.135 e. The van der Waals surface area contributed by atoms with Gasteiger partial charge in [-0.1, -0.05) is 365 Å². The number of rotatable bonds is 47. The van der Waals surface area contributed by atoms with Crippen LogP contribution < -0.4 is 9.47 Å². The molecule has 6 heteroatoms. The van der Waals surface area contributed by atoms with Gasteiger partial charge in [0.25, 0.3) is 0 Å². The molecule has 0 aliphatic rings. The Hall–Kier alpha value is -6.06. The van der Waals surface area contributed by atoms with Crippen LogP contribution in [0.25, 0.3) is 44.5 Å². The predicted molar refractivity (Wildman–Crippen MR) is 392 cm³/mol. The minimum absolute atomic E-state index is 0. The minimum Gasteiger partial charge on any atom is -0.492 e. The van der Waals surface area contributed by atoms with Crippen LogP contribution in [0, 0.1) is 0 Å². The van der Waals surface area contributed by atoms with Crippen LogP contribution >= 0.6 is 0 Å². The number of aliphatic imine (C=N–C) groups is 2. The first-order chi connectivity index (χ1) is 44.6. The Morgan fingerprint density at radius 1 is 0.352 bits per heavy atom. The van der Waals surface area contributed by atoms with Crippen molar-refractivity contribution in [3.8, 4) is 56.0 Å². The largest absolute Gasteiger partial charge is 0.492 e. The van der Waals surface area contributed by atoms with E-state index in [1.165, 1.54) is 218 Å². The maximum absolute atomic E-state index is 6.69. The van der Waals surface area contributed by atoms with E-state index >= 15 is 0 Å². The first kappa shape index (κ1) is 75.7. The SMILES string of the molecule is CCCCCCCCCCCCCCCCCCCCOc1c(-c2ccccc2)cc(N=C(C)c2cccnc2)cc1-c1ccccc1.C[C-]=Nc1cc(-c2ccccc2)c(OCCCCCCCCCCCCCCCCCCCC)c(-c2ccccc2)c1.[Cr]. The summed E-state index contributed by atoms with van der Waals surface area (Å²) < 4.78 is 13.3. The number of hydrogen-bond donors (Lipinski definition) is 0. The minimum atomic E-state index is 0. The second-order valence-electron chi connectivity index (χ2n) is 25.2. The van der Waals surface area contributed by atoms with Crippen LogP contribution in [0.2, 0.25) is 0 Å². The number of nitrogens with zero attached hydrogens (tertiary/aromatic N) is 3. The van der Waals surface area contributed by atoms with E-state index in [4.69, 9.17) is 14.5 Å². The molecule has 0 bridgehead atoms. The van der Waals surface area contributed by atoms with Gasteiger partial charge >= 0.3 is 0 Å². The fourth-order valence-corrected chi connectivity index (χ4v) is 12.3. The van der Waals surface area contributed by atoms with Crippen molar-refractivity contribution in [2.75, 3.05) is 13.2 Å². The van der Waals surface area contributed by atoms with E-state index in [2.05, 4.69) is 182 Å². The molecule has 91 heavy (non-hydrogen) atoms. The molecule has 0 fully saturated rings. The van der Waals surface area contributed by atoms with Gasteiger partial charge in [0, 0.05) is 63.3 Å². The number of hydrogen-bond acceptors (Lipinski definition) is 5. The average molecular weight is 1260 g/mol. The van der Waals surface area contributed by atoms with E-state index in [1.807, 2.05) is 26.1 Å². The molecule has 1 heterocycles. The molecule has 6 aromatic carbocycles. The molecule has 0 amide bonds. The van der Waals surface area contributed by atoms with Crippen molar-refractivity contribution in [1.82, 2.24) is 4.98 Å². The Bertz CT molecular complexity index is 2830. The van der Waals surface area contributed by atoms with Gasteiger partial charge in [-0.15, -0.1) is 19.1 Å². The smallest absolute Gasteiger partial charge is 0.135 e. The Balaban J connectivity index is 0.000000330. The van der Waals surface area contributed by atoms with Crippen molar-refractivity contribution >= 4 is 23.3 Å². The molecule has 0 atom stereocenters. The molecule has 7 rings (SSSR count). The Morgan fingerprint density at radius 2 is 0.626 bits per heavy atom. The number of ether oxygens (including phenoxy) is 2. The zero-order valence-electron chi connectivity index (χ0n) is 57.1. The van der Waals surface area contributed by atoms with Crippen molar-refractivity contribution in [2.45, 2.75) is 259 Å². The standard InChI is InChI=1S/C45H60N2O.C40H56NO.Cr/c1-3-4-5-6-7-8-9-10-11-12-13-14-15-16-17-18-19-26-34-48-45-43(39-28-22-20-23-29-39)35-42(36-44(45)40-30-24-21-25-31-40)47-38(2)41-32-27-33-46-37-41;1-3-5-6-7-8-9-10-11-12-13-14-15-16-17-18-19-20-27-32-42-40-38(35-28-23-21-24-29-35)33-37(41-4-2)34-39(40)36-30-25-22-26-31-36;/h20-25,27-33,35-37H,3-19,26,34H2,1-2H3;21-26,28-31,33-34H,3,5-20,27,32H2,1-2H3;/q;-1;. The van der Waals surface area contributed by atoms with Crippen LogP contribution in [0.15, 0.2) is 180 Å². The molecule has 0 unspecified atom stereocenters. The summed E-state index contributed by atoms with van der Waals surface area (Å²) in [4.78, 5) is 13.8. The third-order valence-electron chi connectivity index (χ3n) is 17.6. The second-order valence-corrected chi connectivity index (χ2v) is 25.2. The molecule has 1 aromatic heterocycles. The summed E-state index contributed by atoms with van der Waals surface area (Å²) in [6, 6.07) is 54.8. The molecule has 0 aliphatic heterocycles. The van der Waals surface area contributed by atoms with Crippen LogP contribution in [0.3, 0.4) is 0 Å². The molecule has 0 saturated heterocycles. The van der Waals surface area contributed by atoms with Crippen molar-refractivity contribution in [3.05, 3.63) is 176 Å². The fraction of sp³-hybridized carbons (Fsp3) is 0.494. The van der Waals surface area contributed by atoms with Gasteiger partial charge in [-0.25, -0.2) is 0 Å². The molecular formula is C85H116CrN3O2-. The van der Waals surface area contributed by atoms with E-state index in [-0.39, 0.29) is 17.4 Å². The number of aromatic nitrogens is 1. The normalized spacial score (nSPS) is 11.4. The monoisotopic (exact) mass is 1260 g/mol. The van der Waals surface area contributed by atoms with E-state index in [0.29, 0.717) is 0 Å². The summed E-state index contributed by atoms with van der Waals surface area (Å²) in [5, 5.41) is 0. The average Bonchev–Trinajstić information content (AvgIpc) is 1.23. The van der Waals surface area contributed by atoms with E-state index in [9.17, 15) is 0 Å². The summed E-state index contributed by atoms with van der Waals surface area (Å²) in [6.45, 7) is 9.93. The summed E-state index contributed by atoms with van der Waals surface area (Å²) in [7, 11) is 0. The van der Waals surface area contributed by atoms with Crippen molar-refractivity contribution in [1.29, 1.82) is 0 Å². The van der Waals surface area contributed by atoms with Crippen LogP contribution in [-0.2, 0) is 17.4 Å². The second kappa shape index (κ2) is 49.6. The summed E-state index contributed by atoms with van der Waals surface area (Å²) in [6.07, 6.45) is 56.4. The van der Waals surface area contributed by atoms with E-state index < -0.39 is 0 Å². The first-order valence-electron chi connectivity index (χ1n) is 36.3. The van der Waals surface area contributed by atoms with Gasteiger partial charge in [-0.05, 0) is 60.2 Å². The zero-order valence-corrected chi connectivity index (χ0v) is 58.4. The number of pyridine rings is 1. The molecule has 0 spiro atoms. The van der Waals surface area contributed by atoms with Gasteiger partial charge in [-0.2, -0.15) is 6.21 Å². The Kier molecular flexibility index (Phi) is 41.2. The summed E-state index contributed by atoms with van der Waals surface area (Å²) in [5.41, 5.74) is 12.7. The molecule has 7 aromatic rings. The topological polar surface area (TPSA) is 56.1 Å². The van der Waals surface area contributed by atoms with Crippen LogP contribution in [-0.4, -0.2) is 30.1 Å². The molecule has 0 radical (unpaired) electrons. The van der Waals surface area contributed by atoms with Gasteiger partial charge < -0.3 is 14.5 Å². The summed E-state index contributed by atoms with van der Waals surface area (Å²) >= 11 is 0. The number of benzene rings is 6. The van der Waals surface area contributed by atoms with Gasteiger partial charge in [0.1, 0.15) is 11.5 Å². The van der Waals surface area contributed by atoms with E-state index in [1.54, 1.807) is 6.20 Å². The molecule has 5 nitrogen and oxygen atoms in total. The van der Waals surface area contributed by atoms with Gasteiger partial charge in [0.15, 0.2) is 0 Å². The van der Waals surface area contributed by atoms with Crippen molar-refractivity contribution in [3.63, 3.8) is 0 Å². The third kappa shape index (κ3) is 31.0. The molecule has 490 valence electrons. The Morgan fingerprint density at radius 3 is 0.890 bits per heavy atom. The van der Waals surface area contributed by atoms with Gasteiger partial charge in [0.2, 0.25) is 0 Å². The quantitative estimate of drug-likeness (QED) is 0.0217. The Labute approximate surface area is 565 Å². The number of unbranched alkanes of at least 4 members (excludes halogenated alkanes) is 34. The molecular weight excluding hydrogens is 1150 g/mol. The third-order valence-corrected chi connectivity index (χ3v) is 17.6. The predicted octanol–water partition coefficient (Wildman–Crippen LogP) is 27.0. The van der Waals surface area contributed by atoms with Crippen LogP contribution in [0.1, 0.15) is 264 Å². The van der Waals surface area contributed by atoms with Crippen molar-refractivity contribution in [2.24, 2.45) is 9.98 Å². The van der Waals surface area contributed by atoms with Gasteiger partial charge in [-0.3, -0.25) is 9.98 Å². The molecule has 0 aliphatic carbocycles. The molecule has 0 saturated carbocycles. The maximum atomic E-state index is 6.69. The van der Waals surface area contributed by atoms with Crippen molar-refractivity contribution < 1.29 is 26.8 Å². The van der Waals surface area contributed by atoms with Crippen LogP contribution in [0.5, 0.6) is 11.5 Å². The first-order valence-corrected chi connectivity index (χ1v) is 36.3. The molecule has 0 N–H and O–H groups in total.